The number of ether oxygens (including phenoxy) is 1. The molecule has 0 aliphatic carbocycles. The molecule has 0 heterocycles. The van der Waals surface area contributed by atoms with Crippen LogP contribution >= 0.6 is 0 Å². The number of benzene rings is 2. The Hall–Kier alpha value is -2.01. The van der Waals surface area contributed by atoms with Crippen LogP contribution in [0.1, 0.15) is 16.7 Å². The van der Waals surface area contributed by atoms with Gasteiger partial charge in [0.2, 0.25) is 0 Å². The van der Waals surface area contributed by atoms with E-state index in [1.165, 1.54) is 12.1 Å². The molecule has 0 amide bonds. The highest BCUT2D eigenvalue weighted by Gasteiger charge is 2.29. The van der Waals surface area contributed by atoms with Crippen LogP contribution in [0.2, 0.25) is 0 Å². The predicted molar refractivity (Wildman–Crippen MR) is 75.0 cm³/mol. The summed E-state index contributed by atoms with van der Waals surface area (Å²) in [5.74, 6) is 0.419. The molecule has 0 bridgehead atoms. The minimum absolute atomic E-state index is 0.323. The first-order valence-corrected chi connectivity index (χ1v) is 6.52. The fourth-order valence-corrected chi connectivity index (χ4v) is 1.96. The molecule has 0 fully saturated rings. The number of nitrogens with one attached hydrogen (secondary N) is 1. The first-order chi connectivity index (χ1) is 10.0. The standard InChI is InChI=1S/C16H16F3NO/c1-20-10-12-4-2-3-5-13(12)11-21-15-8-6-14(7-9-15)16(17,18)19/h2-9,20H,10-11H2,1H3. The lowest BCUT2D eigenvalue weighted by molar-refractivity contribution is -0.137. The van der Waals surface area contributed by atoms with Gasteiger partial charge in [0.15, 0.2) is 0 Å². The first-order valence-electron chi connectivity index (χ1n) is 6.52. The van der Waals surface area contributed by atoms with Crippen molar-refractivity contribution < 1.29 is 17.9 Å². The van der Waals surface area contributed by atoms with Crippen molar-refractivity contribution in [2.24, 2.45) is 0 Å². The highest BCUT2D eigenvalue weighted by molar-refractivity contribution is 5.30. The van der Waals surface area contributed by atoms with E-state index in [9.17, 15) is 13.2 Å². The molecule has 0 unspecified atom stereocenters. The van der Waals surface area contributed by atoms with Crippen molar-refractivity contribution in [2.75, 3.05) is 7.05 Å². The van der Waals surface area contributed by atoms with Crippen LogP contribution in [0.5, 0.6) is 5.75 Å². The third-order valence-corrected chi connectivity index (χ3v) is 3.06. The number of alkyl halides is 3. The molecule has 0 aliphatic rings. The molecule has 112 valence electrons. The van der Waals surface area contributed by atoms with Gasteiger partial charge in [-0.3, -0.25) is 0 Å². The topological polar surface area (TPSA) is 21.3 Å². The van der Waals surface area contributed by atoms with E-state index in [4.69, 9.17) is 4.74 Å². The third kappa shape index (κ3) is 4.23. The quantitative estimate of drug-likeness (QED) is 0.900. The van der Waals surface area contributed by atoms with E-state index in [0.29, 0.717) is 18.9 Å². The van der Waals surface area contributed by atoms with Crippen LogP contribution in [0.15, 0.2) is 48.5 Å². The number of halogens is 3. The Kier molecular flexibility index (Phi) is 4.85. The van der Waals surface area contributed by atoms with Gasteiger partial charge in [0, 0.05) is 6.54 Å². The Morgan fingerprint density at radius 1 is 0.952 bits per heavy atom. The highest BCUT2D eigenvalue weighted by atomic mass is 19.4. The molecule has 0 saturated carbocycles. The minimum atomic E-state index is -4.32. The lowest BCUT2D eigenvalue weighted by Crippen LogP contribution is -2.09. The molecule has 2 rings (SSSR count). The molecule has 0 saturated heterocycles. The predicted octanol–water partition coefficient (Wildman–Crippen LogP) is 4.00. The van der Waals surface area contributed by atoms with Gasteiger partial charge in [-0.2, -0.15) is 13.2 Å². The molecular formula is C16H16F3NO. The van der Waals surface area contributed by atoms with Crippen LogP contribution in [-0.4, -0.2) is 7.05 Å². The van der Waals surface area contributed by atoms with Gasteiger partial charge in [-0.15, -0.1) is 0 Å². The van der Waals surface area contributed by atoms with Gasteiger partial charge >= 0.3 is 6.18 Å². The molecule has 5 heteroatoms. The second-order valence-corrected chi connectivity index (χ2v) is 4.61. The maximum atomic E-state index is 12.5. The van der Waals surface area contributed by atoms with Crippen molar-refractivity contribution in [3.8, 4) is 5.75 Å². The molecule has 0 atom stereocenters. The summed E-state index contributed by atoms with van der Waals surface area (Å²) in [5.41, 5.74) is 1.43. The van der Waals surface area contributed by atoms with Crippen LogP contribution in [0.4, 0.5) is 13.2 Å². The summed E-state index contributed by atoms with van der Waals surface area (Å²) in [6, 6.07) is 12.5. The maximum Gasteiger partial charge on any atom is 0.416 e. The van der Waals surface area contributed by atoms with E-state index in [1.807, 2.05) is 31.3 Å². The van der Waals surface area contributed by atoms with Gasteiger partial charge in [0.05, 0.1) is 5.56 Å². The summed E-state index contributed by atoms with van der Waals surface area (Å²) < 4.78 is 42.9. The molecule has 0 aromatic heterocycles. The van der Waals surface area contributed by atoms with E-state index in [0.717, 1.165) is 23.3 Å². The number of hydrogen-bond donors (Lipinski definition) is 1. The van der Waals surface area contributed by atoms with Crippen molar-refractivity contribution in [1.82, 2.24) is 5.32 Å². The Morgan fingerprint density at radius 2 is 1.57 bits per heavy atom. The highest BCUT2D eigenvalue weighted by Crippen LogP contribution is 2.30. The fourth-order valence-electron chi connectivity index (χ4n) is 1.96. The minimum Gasteiger partial charge on any atom is -0.489 e. The van der Waals surface area contributed by atoms with Crippen LogP contribution in [0.25, 0.3) is 0 Å². The SMILES string of the molecule is CNCc1ccccc1COc1ccc(C(F)(F)F)cc1. The van der Waals surface area contributed by atoms with Gasteiger partial charge in [-0.05, 0) is 42.4 Å². The van der Waals surface area contributed by atoms with Crippen molar-refractivity contribution in [3.05, 3.63) is 65.2 Å². The normalized spacial score (nSPS) is 11.4. The Morgan fingerprint density at radius 3 is 2.14 bits per heavy atom. The van der Waals surface area contributed by atoms with E-state index in [-0.39, 0.29) is 0 Å². The summed E-state index contributed by atoms with van der Waals surface area (Å²) in [6.07, 6.45) is -4.32. The molecular weight excluding hydrogens is 279 g/mol. The second kappa shape index (κ2) is 6.63. The first kappa shape index (κ1) is 15.4. The zero-order valence-electron chi connectivity index (χ0n) is 11.6. The molecule has 0 aliphatic heterocycles. The monoisotopic (exact) mass is 295 g/mol. The Bertz CT molecular complexity index is 579. The zero-order chi connectivity index (χ0) is 15.3. The zero-order valence-corrected chi connectivity index (χ0v) is 11.6. The third-order valence-electron chi connectivity index (χ3n) is 3.06. The summed E-state index contributed by atoms with van der Waals surface area (Å²) in [6.45, 7) is 1.04. The van der Waals surface area contributed by atoms with Gasteiger partial charge in [0.1, 0.15) is 12.4 Å². The summed E-state index contributed by atoms with van der Waals surface area (Å²) >= 11 is 0. The lowest BCUT2D eigenvalue weighted by Gasteiger charge is -2.12. The van der Waals surface area contributed by atoms with E-state index in [1.54, 1.807) is 0 Å². The van der Waals surface area contributed by atoms with Crippen molar-refractivity contribution in [3.63, 3.8) is 0 Å². The molecule has 2 aromatic carbocycles. The van der Waals surface area contributed by atoms with E-state index in [2.05, 4.69) is 5.32 Å². The summed E-state index contributed by atoms with van der Waals surface area (Å²) in [5, 5.41) is 3.07. The van der Waals surface area contributed by atoms with Crippen molar-refractivity contribution >= 4 is 0 Å². The van der Waals surface area contributed by atoms with Crippen LogP contribution < -0.4 is 10.1 Å². The van der Waals surface area contributed by atoms with Crippen LogP contribution in [0.3, 0.4) is 0 Å². The lowest BCUT2D eigenvalue weighted by atomic mass is 10.1. The average molecular weight is 295 g/mol. The molecule has 0 radical (unpaired) electrons. The summed E-state index contributed by atoms with van der Waals surface area (Å²) in [7, 11) is 1.85. The van der Waals surface area contributed by atoms with Gasteiger partial charge in [-0.1, -0.05) is 24.3 Å². The van der Waals surface area contributed by atoms with E-state index < -0.39 is 11.7 Å². The smallest absolute Gasteiger partial charge is 0.416 e. The number of rotatable bonds is 5. The maximum absolute atomic E-state index is 12.5. The van der Waals surface area contributed by atoms with Gasteiger partial charge in [0.25, 0.3) is 0 Å². The van der Waals surface area contributed by atoms with Crippen LogP contribution in [-0.2, 0) is 19.3 Å². The Balaban J connectivity index is 2.03. The van der Waals surface area contributed by atoms with Crippen molar-refractivity contribution in [2.45, 2.75) is 19.3 Å². The van der Waals surface area contributed by atoms with E-state index >= 15 is 0 Å². The largest absolute Gasteiger partial charge is 0.489 e. The molecule has 21 heavy (non-hydrogen) atoms. The molecule has 0 spiro atoms. The molecule has 2 nitrogen and oxygen atoms in total. The van der Waals surface area contributed by atoms with Crippen molar-refractivity contribution in [1.29, 1.82) is 0 Å². The van der Waals surface area contributed by atoms with Crippen LogP contribution in [0, 0.1) is 0 Å². The molecule has 2 aromatic rings. The Labute approximate surface area is 121 Å². The van der Waals surface area contributed by atoms with Gasteiger partial charge in [-0.25, -0.2) is 0 Å². The second-order valence-electron chi connectivity index (χ2n) is 4.61. The fraction of sp³-hybridized carbons (Fsp3) is 0.250. The summed E-state index contributed by atoms with van der Waals surface area (Å²) in [4.78, 5) is 0. The number of hydrogen-bond acceptors (Lipinski definition) is 2. The average Bonchev–Trinajstić information content (AvgIpc) is 2.46. The van der Waals surface area contributed by atoms with Gasteiger partial charge < -0.3 is 10.1 Å². The molecule has 1 N–H and O–H groups in total.